The van der Waals surface area contributed by atoms with Crippen LogP contribution in [0.5, 0.6) is 0 Å². The summed E-state index contributed by atoms with van der Waals surface area (Å²) in [5.74, 6) is 4.64. The first-order valence-electron chi connectivity index (χ1n) is 3.86. The third kappa shape index (κ3) is 2.77. The summed E-state index contributed by atoms with van der Waals surface area (Å²) in [7, 11) is 1.55. The molecule has 0 fully saturated rings. The van der Waals surface area contributed by atoms with E-state index in [0.717, 1.165) is 11.1 Å². The highest BCUT2D eigenvalue weighted by molar-refractivity contribution is 5.26. The van der Waals surface area contributed by atoms with Crippen molar-refractivity contribution in [3.8, 4) is 0 Å². The van der Waals surface area contributed by atoms with Crippen LogP contribution in [0, 0.1) is 5.82 Å². The molecule has 0 aliphatic carbocycles. The lowest BCUT2D eigenvalue weighted by atomic mass is 10.1. The van der Waals surface area contributed by atoms with Crippen LogP contribution in [0.3, 0.4) is 0 Å². The molecular formula is C9H12FNO2. The Labute approximate surface area is 76.2 Å². The lowest BCUT2D eigenvalue weighted by molar-refractivity contribution is 0.120. The van der Waals surface area contributed by atoms with Crippen molar-refractivity contribution in [2.45, 2.75) is 13.2 Å². The monoisotopic (exact) mass is 185 g/mol. The Bertz CT molecular complexity index is 278. The molecular weight excluding hydrogens is 173 g/mol. The van der Waals surface area contributed by atoms with E-state index >= 15 is 0 Å². The molecule has 13 heavy (non-hydrogen) atoms. The van der Waals surface area contributed by atoms with Gasteiger partial charge in [-0.15, -0.1) is 0 Å². The maximum Gasteiger partial charge on any atom is 0.123 e. The van der Waals surface area contributed by atoms with Gasteiger partial charge in [0.2, 0.25) is 0 Å². The normalized spacial score (nSPS) is 10.4. The van der Waals surface area contributed by atoms with Crippen molar-refractivity contribution in [2.24, 2.45) is 5.90 Å². The molecule has 0 aromatic heterocycles. The Kier molecular flexibility index (Phi) is 3.82. The Hall–Kier alpha value is -0.970. The Morgan fingerprint density at radius 3 is 2.69 bits per heavy atom. The van der Waals surface area contributed by atoms with E-state index in [1.165, 1.54) is 12.1 Å². The van der Waals surface area contributed by atoms with Crippen molar-refractivity contribution in [1.82, 2.24) is 0 Å². The Morgan fingerprint density at radius 1 is 1.31 bits per heavy atom. The highest BCUT2D eigenvalue weighted by Gasteiger charge is 2.03. The van der Waals surface area contributed by atoms with Crippen molar-refractivity contribution in [3.05, 3.63) is 35.1 Å². The second kappa shape index (κ2) is 4.91. The van der Waals surface area contributed by atoms with Crippen molar-refractivity contribution in [3.63, 3.8) is 0 Å². The molecule has 0 saturated heterocycles. The number of rotatable bonds is 4. The average molecular weight is 185 g/mol. The summed E-state index contributed by atoms with van der Waals surface area (Å²) in [6.07, 6.45) is 0. The highest BCUT2D eigenvalue weighted by Crippen LogP contribution is 2.12. The van der Waals surface area contributed by atoms with Crippen LogP contribution in [-0.2, 0) is 22.8 Å². The third-order valence-electron chi connectivity index (χ3n) is 1.71. The minimum atomic E-state index is -0.284. The second-order valence-electron chi connectivity index (χ2n) is 2.66. The smallest absolute Gasteiger partial charge is 0.123 e. The molecule has 0 saturated carbocycles. The van der Waals surface area contributed by atoms with Crippen LogP contribution >= 0.6 is 0 Å². The van der Waals surface area contributed by atoms with Crippen LogP contribution < -0.4 is 5.90 Å². The maximum absolute atomic E-state index is 12.8. The summed E-state index contributed by atoms with van der Waals surface area (Å²) in [5.41, 5.74) is 1.60. The van der Waals surface area contributed by atoms with Crippen LogP contribution in [0.1, 0.15) is 11.1 Å². The standard InChI is InChI=1S/C9H12FNO2/c1-12-5-8-4-9(10)3-2-7(8)6-13-11/h2-4H,5-6,11H2,1H3. The number of halogens is 1. The molecule has 0 heterocycles. The van der Waals surface area contributed by atoms with Crippen molar-refractivity contribution >= 4 is 0 Å². The minimum absolute atomic E-state index is 0.263. The zero-order valence-corrected chi connectivity index (χ0v) is 7.42. The summed E-state index contributed by atoms with van der Waals surface area (Å²) < 4.78 is 17.7. The molecule has 3 nitrogen and oxygen atoms in total. The van der Waals surface area contributed by atoms with E-state index in [-0.39, 0.29) is 12.4 Å². The largest absolute Gasteiger partial charge is 0.380 e. The SMILES string of the molecule is COCc1cc(F)ccc1CON. The molecule has 72 valence electrons. The van der Waals surface area contributed by atoms with Crippen LogP contribution in [0.15, 0.2) is 18.2 Å². The van der Waals surface area contributed by atoms with Crippen LogP contribution in [-0.4, -0.2) is 7.11 Å². The predicted octanol–water partition coefficient (Wildman–Crippen LogP) is 1.36. The number of methoxy groups -OCH3 is 1. The Balaban J connectivity index is 2.89. The van der Waals surface area contributed by atoms with Gasteiger partial charge in [0.05, 0.1) is 13.2 Å². The summed E-state index contributed by atoms with van der Waals surface area (Å²) in [4.78, 5) is 4.48. The van der Waals surface area contributed by atoms with Crippen molar-refractivity contribution < 1.29 is 14.0 Å². The summed E-state index contributed by atoms with van der Waals surface area (Å²) in [6.45, 7) is 0.620. The molecule has 0 spiro atoms. The summed E-state index contributed by atoms with van der Waals surface area (Å²) in [5, 5.41) is 0. The first-order chi connectivity index (χ1) is 6.27. The summed E-state index contributed by atoms with van der Waals surface area (Å²) >= 11 is 0. The van der Waals surface area contributed by atoms with E-state index in [4.69, 9.17) is 10.6 Å². The van der Waals surface area contributed by atoms with Crippen molar-refractivity contribution in [2.75, 3.05) is 7.11 Å². The number of ether oxygens (including phenoxy) is 1. The first kappa shape index (κ1) is 10.1. The fourth-order valence-corrected chi connectivity index (χ4v) is 1.11. The van der Waals surface area contributed by atoms with Crippen LogP contribution in [0.2, 0.25) is 0 Å². The minimum Gasteiger partial charge on any atom is -0.380 e. The number of benzene rings is 1. The van der Waals surface area contributed by atoms with E-state index < -0.39 is 0 Å². The van der Waals surface area contributed by atoms with E-state index in [2.05, 4.69) is 4.84 Å². The van der Waals surface area contributed by atoms with Gasteiger partial charge in [-0.2, -0.15) is 0 Å². The van der Waals surface area contributed by atoms with Crippen LogP contribution in [0.25, 0.3) is 0 Å². The zero-order chi connectivity index (χ0) is 9.68. The van der Waals surface area contributed by atoms with Gasteiger partial charge < -0.3 is 4.74 Å². The lowest BCUT2D eigenvalue weighted by Gasteiger charge is -2.07. The van der Waals surface area contributed by atoms with Crippen molar-refractivity contribution in [1.29, 1.82) is 0 Å². The van der Waals surface area contributed by atoms with E-state index in [9.17, 15) is 4.39 Å². The van der Waals surface area contributed by atoms with Gasteiger partial charge in [0.1, 0.15) is 5.82 Å². The number of hydrogen-bond donors (Lipinski definition) is 1. The number of hydrogen-bond acceptors (Lipinski definition) is 3. The second-order valence-corrected chi connectivity index (χ2v) is 2.66. The molecule has 0 unspecified atom stereocenters. The first-order valence-corrected chi connectivity index (χ1v) is 3.86. The lowest BCUT2D eigenvalue weighted by Crippen LogP contribution is -2.03. The Morgan fingerprint density at radius 2 is 2.08 bits per heavy atom. The quantitative estimate of drug-likeness (QED) is 0.720. The molecule has 0 aliphatic rings. The molecule has 2 N–H and O–H groups in total. The molecule has 1 aromatic rings. The molecule has 0 amide bonds. The zero-order valence-electron chi connectivity index (χ0n) is 7.42. The predicted molar refractivity (Wildman–Crippen MR) is 46.1 cm³/mol. The summed E-state index contributed by atoms with van der Waals surface area (Å²) in [6, 6.07) is 4.42. The molecule has 0 bridgehead atoms. The van der Waals surface area contributed by atoms with Crippen LogP contribution in [0.4, 0.5) is 4.39 Å². The average Bonchev–Trinajstić information content (AvgIpc) is 2.10. The van der Waals surface area contributed by atoms with Gasteiger partial charge in [-0.1, -0.05) is 6.07 Å². The fraction of sp³-hybridized carbons (Fsp3) is 0.333. The fourth-order valence-electron chi connectivity index (χ4n) is 1.11. The van der Waals surface area contributed by atoms with E-state index in [1.54, 1.807) is 13.2 Å². The van der Waals surface area contributed by atoms with Gasteiger partial charge >= 0.3 is 0 Å². The molecule has 0 radical (unpaired) electrons. The van der Waals surface area contributed by atoms with Gasteiger partial charge in [0.25, 0.3) is 0 Å². The number of nitrogens with two attached hydrogens (primary N) is 1. The molecule has 0 atom stereocenters. The van der Waals surface area contributed by atoms with E-state index in [1.807, 2.05) is 0 Å². The molecule has 1 aromatic carbocycles. The van der Waals surface area contributed by atoms with Gasteiger partial charge in [0.15, 0.2) is 0 Å². The third-order valence-corrected chi connectivity index (χ3v) is 1.71. The molecule has 1 rings (SSSR count). The molecule has 0 aliphatic heterocycles. The van der Waals surface area contributed by atoms with Gasteiger partial charge in [-0.05, 0) is 23.3 Å². The highest BCUT2D eigenvalue weighted by atomic mass is 19.1. The van der Waals surface area contributed by atoms with Gasteiger partial charge in [-0.25, -0.2) is 10.3 Å². The van der Waals surface area contributed by atoms with Gasteiger partial charge in [0, 0.05) is 7.11 Å². The van der Waals surface area contributed by atoms with Gasteiger partial charge in [-0.3, -0.25) is 4.84 Å². The molecule has 4 heteroatoms. The maximum atomic E-state index is 12.8. The van der Waals surface area contributed by atoms with E-state index in [0.29, 0.717) is 6.61 Å². The topological polar surface area (TPSA) is 44.5 Å².